The summed E-state index contributed by atoms with van der Waals surface area (Å²) in [5.74, 6) is 0. The van der Waals surface area contributed by atoms with Crippen molar-refractivity contribution in [3.8, 4) is 0 Å². The van der Waals surface area contributed by atoms with E-state index in [0.29, 0.717) is 6.04 Å². The van der Waals surface area contributed by atoms with E-state index in [-0.39, 0.29) is 0 Å². The molecule has 1 atom stereocenters. The van der Waals surface area contributed by atoms with E-state index >= 15 is 0 Å². The maximum Gasteiger partial charge on any atom is 0.0171 e. The molecule has 0 aromatic carbocycles. The molecule has 0 saturated carbocycles. The monoisotopic (exact) mass is 263 g/mol. The lowest BCUT2D eigenvalue weighted by Crippen LogP contribution is -2.33. The van der Waals surface area contributed by atoms with Crippen molar-refractivity contribution in [3.05, 3.63) is 36.0 Å². The minimum absolute atomic E-state index is 0.643. The number of hydrogen-bond donors (Lipinski definition) is 0. The lowest BCUT2D eigenvalue weighted by atomic mass is 10.1. The molecule has 0 fully saturated rings. The van der Waals surface area contributed by atoms with E-state index in [1.807, 2.05) is 6.08 Å². The van der Waals surface area contributed by atoms with Gasteiger partial charge in [0.25, 0.3) is 0 Å². The van der Waals surface area contributed by atoms with Crippen LogP contribution in [0.25, 0.3) is 0 Å². The number of allylic oxidation sites excluding steroid dienone is 3. The summed E-state index contributed by atoms with van der Waals surface area (Å²) in [4.78, 5) is 2.50. The van der Waals surface area contributed by atoms with Crippen molar-refractivity contribution in [3.63, 3.8) is 0 Å². The van der Waals surface area contributed by atoms with Crippen molar-refractivity contribution < 1.29 is 0 Å². The molecule has 1 nitrogen and oxygen atoms in total. The van der Waals surface area contributed by atoms with Crippen molar-refractivity contribution in [1.82, 2.24) is 4.90 Å². The Morgan fingerprint density at radius 2 is 1.84 bits per heavy atom. The Labute approximate surface area is 121 Å². The molecule has 0 aromatic heterocycles. The van der Waals surface area contributed by atoms with Crippen LogP contribution in [0.3, 0.4) is 0 Å². The van der Waals surface area contributed by atoms with E-state index in [0.717, 1.165) is 19.5 Å². The molecule has 1 unspecified atom stereocenters. The van der Waals surface area contributed by atoms with E-state index < -0.39 is 0 Å². The van der Waals surface area contributed by atoms with Gasteiger partial charge in [0.15, 0.2) is 0 Å². The van der Waals surface area contributed by atoms with Gasteiger partial charge in [-0.15, -0.1) is 6.58 Å². The fourth-order valence-corrected chi connectivity index (χ4v) is 2.16. The zero-order valence-electron chi connectivity index (χ0n) is 13.7. The van der Waals surface area contributed by atoms with Gasteiger partial charge in [0.2, 0.25) is 0 Å². The van der Waals surface area contributed by atoms with E-state index in [4.69, 9.17) is 0 Å². The molecule has 0 bridgehead atoms. The third kappa shape index (κ3) is 9.72. The molecule has 0 amide bonds. The molecule has 0 radical (unpaired) electrons. The molecule has 0 N–H and O–H groups in total. The van der Waals surface area contributed by atoms with Crippen LogP contribution in [0.4, 0.5) is 0 Å². The SMILES string of the molecule is C=CCN(C/C=C(\C)CCC=C(C)C)C(C)CCC. The maximum atomic E-state index is 3.87. The van der Waals surface area contributed by atoms with Crippen LogP contribution in [0, 0.1) is 0 Å². The van der Waals surface area contributed by atoms with Crippen molar-refractivity contribution in [2.24, 2.45) is 0 Å². The lowest BCUT2D eigenvalue weighted by Gasteiger charge is -2.26. The van der Waals surface area contributed by atoms with Gasteiger partial charge >= 0.3 is 0 Å². The zero-order valence-corrected chi connectivity index (χ0v) is 13.7. The smallest absolute Gasteiger partial charge is 0.0171 e. The molecule has 0 aliphatic rings. The van der Waals surface area contributed by atoms with Gasteiger partial charge in [-0.25, -0.2) is 0 Å². The fourth-order valence-electron chi connectivity index (χ4n) is 2.16. The number of rotatable bonds is 10. The van der Waals surface area contributed by atoms with Crippen LogP contribution >= 0.6 is 0 Å². The molecule has 0 rings (SSSR count). The van der Waals surface area contributed by atoms with Crippen LogP contribution in [0.2, 0.25) is 0 Å². The van der Waals surface area contributed by atoms with Crippen molar-refractivity contribution in [2.45, 2.75) is 66.3 Å². The second-order valence-electron chi connectivity index (χ2n) is 5.75. The predicted molar refractivity (Wildman–Crippen MR) is 88.6 cm³/mol. The summed E-state index contributed by atoms with van der Waals surface area (Å²) < 4.78 is 0. The summed E-state index contributed by atoms with van der Waals surface area (Å²) in [5.41, 5.74) is 2.91. The molecule has 19 heavy (non-hydrogen) atoms. The Morgan fingerprint density at radius 1 is 1.16 bits per heavy atom. The molecule has 0 aromatic rings. The van der Waals surface area contributed by atoms with Crippen LogP contribution in [-0.4, -0.2) is 24.0 Å². The molecule has 0 heterocycles. The largest absolute Gasteiger partial charge is 0.293 e. The second kappa shape index (κ2) is 11.0. The molecule has 110 valence electrons. The van der Waals surface area contributed by atoms with Gasteiger partial charge in [-0.1, -0.05) is 42.7 Å². The lowest BCUT2D eigenvalue weighted by molar-refractivity contribution is 0.242. The first kappa shape index (κ1) is 18.2. The van der Waals surface area contributed by atoms with E-state index in [1.165, 1.54) is 30.4 Å². The van der Waals surface area contributed by atoms with Crippen molar-refractivity contribution >= 4 is 0 Å². The first-order chi connectivity index (χ1) is 9.01. The van der Waals surface area contributed by atoms with Crippen LogP contribution < -0.4 is 0 Å². The Kier molecular flexibility index (Phi) is 10.6. The summed E-state index contributed by atoms with van der Waals surface area (Å²) in [6, 6.07) is 0.643. The van der Waals surface area contributed by atoms with Gasteiger partial charge in [-0.3, -0.25) is 4.90 Å². The average molecular weight is 263 g/mol. The van der Waals surface area contributed by atoms with Crippen LogP contribution in [-0.2, 0) is 0 Å². The molecule has 0 aliphatic carbocycles. The van der Waals surface area contributed by atoms with E-state index in [2.05, 4.69) is 58.2 Å². The van der Waals surface area contributed by atoms with E-state index in [1.54, 1.807) is 0 Å². The quantitative estimate of drug-likeness (QED) is 0.480. The highest BCUT2D eigenvalue weighted by Crippen LogP contribution is 2.10. The molecule has 0 spiro atoms. The highest BCUT2D eigenvalue weighted by molar-refractivity contribution is 5.03. The van der Waals surface area contributed by atoms with Crippen LogP contribution in [0.1, 0.15) is 60.3 Å². The third-order valence-electron chi connectivity index (χ3n) is 3.46. The fraction of sp³-hybridized carbons (Fsp3) is 0.667. The predicted octanol–water partition coefficient (Wildman–Crippen LogP) is 5.36. The summed E-state index contributed by atoms with van der Waals surface area (Å²) in [7, 11) is 0. The van der Waals surface area contributed by atoms with Gasteiger partial charge < -0.3 is 0 Å². The normalized spacial score (nSPS) is 13.5. The first-order valence-electron chi connectivity index (χ1n) is 7.65. The molecule has 0 aliphatic heterocycles. The van der Waals surface area contributed by atoms with Crippen LogP contribution in [0.5, 0.6) is 0 Å². The molecule has 0 saturated heterocycles. The third-order valence-corrected chi connectivity index (χ3v) is 3.46. The molecule has 1 heteroatoms. The topological polar surface area (TPSA) is 3.24 Å². The highest BCUT2D eigenvalue weighted by Gasteiger charge is 2.09. The summed E-state index contributed by atoms with van der Waals surface area (Å²) in [6.45, 7) is 17.0. The Morgan fingerprint density at radius 3 is 2.37 bits per heavy atom. The standard InChI is InChI=1S/C18H33N/c1-7-10-18(6)19(14-8-2)15-13-17(5)12-9-11-16(3)4/h8,11,13,18H,2,7,9-10,12,14-15H2,1,3-6H3/b17-13+. The number of hydrogen-bond acceptors (Lipinski definition) is 1. The van der Waals surface area contributed by atoms with Gasteiger partial charge in [0.05, 0.1) is 0 Å². The van der Waals surface area contributed by atoms with Gasteiger partial charge in [-0.05, 0) is 47.0 Å². The van der Waals surface area contributed by atoms with E-state index in [9.17, 15) is 0 Å². The zero-order chi connectivity index (χ0) is 14.7. The molecular weight excluding hydrogens is 230 g/mol. The average Bonchev–Trinajstić information content (AvgIpc) is 2.34. The molecular formula is C18H33N. The minimum Gasteiger partial charge on any atom is -0.293 e. The minimum atomic E-state index is 0.643. The van der Waals surface area contributed by atoms with Crippen molar-refractivity contribution in [2.75, 3.05) is 13.1 Å². The highest BCUT2D eigenvalue weighted by atomic mass is 15.1. The maximum absolute atomic E-state index is 3.87. The first-order valence-corrected chi connectivity index (χ1v) is 7.65. The van der Waals surface area contributed by atoms with Gasteiger partial charge in [0.1, 0.15) is 0 Å². The number of nitrogens with zero attached hydrogens (tertiary/aromatic N) is 1. The summed E-state index contributed by atoms with van der Waals surface area (Å²) >= 11 is 0. The Balaban J connectivity index is 4.27. The Hall–Kier alpha value is -0.820. The van der Waals surface area contributed by atoms with Gasteiger partial charge in [-0.2, -0.15) is 0 Å². The summed E-state index contributed by atoms with van der Waals surface area (Å²) in [6.07, 6.45) is 11.6. The van der Waals surface area contributed by atoms with Crippen molar-refractivity contribution in [1.29, 1.82) is 0 Å². The second-order valence-corrected chi connectivity index (χ2v) is 5.75. The summed E-state index contributed by atoms with van der Waals surface area (Å²) in [5, 5.41) is 0. The Bertz CT molecular complexity index is 295. The van der Waals surface area contributed by atoms with Gasteiger partial charge in [0, 0.05) is 19.1 Å². The van der Waals surface area contributed by atoms with Crippen LogP contribution in [0.15, 0.2) is 36.0 Å².